The molecule has 0 bridgehead atoms. The van der Waals surface area contributed by atoms with Crippen LogP contribution in [0.25, 0.3) is 0 Å². The van der Waals surface area contributed by atoms with Gasteiger partial charge in [-0.15, -0.1) is 5.92 Å². The molecule has 4 nitrogen and oxygen atoms in total. The van der Waals surface area contributed by atoms with Gasteiger partial charge in [0.1, 0.15) is 5.69 Å². The predicted molar refractivity (Wildman–Crippen MR) is 76.2 cm³/mol. The first-order chi connectivity index (χ1) is 10.1. The van der Waals surface area contributed by atoms with E-state index in [0.717, 1.165) is 5.56 Å². The van der Waals surface area contributed by atoms with Crippen molar-refractivity contribution in [2.24, 2.45) is 0 Å². The summed E-state index contributed by atoms with van der Waals surface area (Å²) >= 11 is 0. The first kappa shape index (κ1) is 14.8. The maximum atomic E-state index is 13.9. The van der Waals surface area contributed by atoms with Gasteiger partial charge in [0.15, 0.2) is 6.61 Å². The van der Waals surface area contributed by atoms with E-state index in [0.29, 0.717) is 0 Å². The molecule has 0 saturated heterocycles. The first-order valence-electron chi connectivity index (χ1n) is 6.49. The third-order valence-electron chi connectivity index (χ3n) is 3.08. The quantitative estimate of drug-likeness (QED) is 0.641. The van der Waals surface area contributed by atoms with Crippen molar-refractivity contribution in [2.45, 2.75) is 19.9 Å². The molecule has 21 heavy (non-hydrogen) atoms. The summed E-state index contributed by atoms with van der Waals surface area (Å²) in [5.41, 5.74) is 0.943. The second-order valence-corrected chi connectivity index (χ2v) is 4.37. The van der Waals surface area contributed by atoms with E-state index in [1.165, 1.54) is 10.8 Å². The summed E-state index contributed by atoms with van der Waals surface area (Å²) in [6, 6.07) is 8.95. The van der Waals surface area contributed by atoms with Gasteiger partial charge in [-0.1, -0.05) is 36.3 Å². The van der Waals surface area contributed by atoms with Gasteiger partial charge in [-0.3, -0.25) is 4.57 Å². The highest BCUT2D eigenvalue weighted by atomic mass is 19.1. The molecular weight excluding hydrogens is 271 g/mol. The van der Waals surface area contributed by atoms with E-state index in [1.54, 1.807) is 13.8 Å². The van der Waals surface area contributed by atoms with Gasteiger partial charge in [0.2, 0.25) is 0 Å². The Balaban J connectivity index is 2.29. The fourth-order valence-electron chi connectivity index (χ4n) is 1.99. The van der Waals surface area contributed by atoms with Crippen molar-refractivity contribution < 1.29 is 13.9 Å². The number of halogens is 1. The lowest BCUT2D eigenvalue weighted by Crippen LogP contribution is -2.17. The number of ether oxygens (including phenoxy) is 1. The van der Waals surface area contributed by atoms with Gasteiger partial charge < -0.3 is 4.74 Å². The van der Waals surface area contributed by atoms with Gasteiger partial charge >= 0.3 is 5.97 Å². The number of nitrogens with zero attached hydrogens (tertiary/aromatic N) is 2. The molecule has 0 unspecified atom stereocenters. The number of hydrogen-bond acceptors (Lipinski definition) is 3. The van der Waals surface area contributed by atoms with Crippen molar-refractivity contribution in [3.05, 3.63) is 53.9 Å². The summed E-state index contributed by atoms with van der Waals surface area (Å²) in [7, 11) is 0. The predicted octanol–water partition coefficient (Wildman–Crippen LogP) is 2.81. The number of rotatable bonds is 4. The third kappa shape index (κ3) is 3.29. The van der Waals surface area contributed by atoms with Crippen molar-refractivity contribution in [2.75, 3.05) is 6.61 Å². The zero-order valence-electron chi connectivity index (χ0n) is 11.8. The Labute approximate surface area is 122 Å². The van der Waals surface area contributed by atoms with E-state index in [-0.39, 0.29) is 18.3 Å². The van der Waals surface area contributed by atoms with Crippen LogP contribution < -0.4 is 0 Å². The molecule has 0 aliphatic rings. The van der Waals surface area contributed by atoms with Gasteiger partial charge in [0.25, 0.3) is 6.08 Å². The van der Waals surface area contributed by atoms with Gasteiger partial charge in [-0.25, -0.2) is 9.78 Å². The third-order valence-corrected chi connectivity index (χ3v) is 3.08. The van der Waals surface area contributed by atoms with E-state index in [4.69, 9.17) is 4.74 Å². The summed E-state index contributed by atoms with van der Waals surface area (Å²) < 4.78 is 20.1. The average Bonchev–Trinajstić information content (AvgIpc) is 2.89. The lowest BCUT2D eigenvalue weighted by Gasteiger charge is -2.16. The molecular formula is C16H15FN2O2. The average molecular weight is 286 g/mol. The molecule has 0 radical (unpaired) electrons. The van der Waals surface area contributed by atoms with Gasteiger partial charge in [0.05, 0.1) is 12.2 Å². The van der Waals surface area contributed by atoms with Crippen molar-refractivity contribution in [3.63, 3.8) is 0 Å². The highest BCUT2D eigenvalue weighted by Crippen LogP contribution is 2.21. The Kier molecular flexibility index (Phi) is 4.72. The minimum Gasteiger partial charge on any atom is -0.448 e. The zero-order valence-corrected chi connectivity index (χ0v) is 11.8. The molecule has 1 aromatic carbocycles. The van der Waals surface area contributed by atoms with Crippen LogP contribution in [0.3, 0.4) is 0 Å². The number of carbonyl (C=O) groups is 1. The molecule has 0 amide bonds. The second kappa shape index (κ2) is 6.71. The number of esters is 1. The van der Waals surface area contributed by atoms with Crippen molar-refractivity contribution in [1.82, 2.24) is 9.55 Å². The smallest absolute Gasteiger partial charge is 0.357 e. The fourth-order valence-corrected chi connectivity index (χ4v) is 1.99. The lowest BCUT2D eigenvalue weighted by molar-refractivity contribution is 0.0541. The van der Waals surface area contributed by atoms with Crippen LogP contribution in [0.1, 0.15) is 35.9 Å². The molecule has 0 aliphatic carbocycles. The minimum atomic E-state index is -0.722. The van der Waals surface area contributed by atoms with Crippen LogP contribution >= 0.6 is 0 Å². The Hall–Kier alpha value is -2.61. The molecule has 0 N–H and O–H groups in total. The number of benzene rings is 1. The van der Waals surface area contributed by atoms with Crippen LogP contribution in [0.2, 0.25) is 0 Å². The number of hydrogen-bond donors (Lipinski definition) is 0. The van der Waals surface area contributed by atoms with Crippen LogP contribution in [0, 0.1) is 17.9 Å². The molecule has 0 saturated carbocycles. The Morgan fingerprint density at radius 1 is 1.43 bits per heavy atom. The molecule has 5 heteroatoms. The Morgan fingerprint density at radius 3 is 2.81 bits per heavy atom. The monoisotopic (exact) mass is 286 g/mol. The maximum Gasteiger partial charge on any atom is 0.357 e. The number of carbonyl (C=O) groups excluding carboxylic acids is 1. The molecule has 108 valence electrons. The molecule has 0 spiro atoms. The van der Waals surface area contributed by atoms with Crippen molar-refractivity contribution >= 4 is 5.97 Å². The summed E-state index contributed by atoms with van der Waals surface area (Å²) in [5, 5.41) is 0. The first-order valence-corrected chi connectivity index (χ1v) is 6.49. The standard InChI is InChI=1S/C16H15FN2O2/c1-3-4-10-21-15(20)14-11-18-16(17)19(14)12(2)13-8-6-5-7-9-13/h5-9,11-12H,10H2,1-2H3/t12-/m1/s1. The fraction of sp³-hybridized carbons (Fsp3) is 0.250. The highest BCUT2D eigenvalue weighted by molar-refractivity contribution is 5.87. The normalized spacial score (nSPS) is 11.4. The van der Waals surface area contributed by atoms with Gasteiger partial charge in [0, 0.05) is 0 Å². The van der Waals surface area contributed by atoms with Crippen LogP contribution in [-0.4, -0.2) is 22.1 Å². The van der Waals surface area contributed by atoms with Gasteiger partial charge in [-0.05, 0) is 19.4 Å². The molecule has 1 aromatic heterocycles. The largest absolute Gasteiger partial charge is 0.448 e. The highest BCUT2D eigenvalue weighted by Gasteiger charge is 2.22. The topological polar surface area (TPSA) is 44.1 Å². The lowest BCUT2D eigenvalue weighted by atomic mass is 10.1. The van der Waals surface area contributed by atoms with E-state index >= 15 is 0 Å². The molecule has 2 aromatic rings. The number of imidazole rings is 1. The molecule has 2 rings (SSSR count). The van der Waals surface area contributed by atoms with Gasteiger partial charge in [-0.2, -0.15) is 4.39 Å². The molecule has 1 heterocycles. The molecule has 0 aliphatic heterocycles. The molecule has 1 atom stereocenters. The Morgan fingerprint density at radius 2 is 2.14 bits per heavy atom. The SMILES string of the molecule is CC#CCOC(=O)c1cnc(F)n1[C@H](C)c1ccccc1. The summed E-state index contributed by atoms with van der Waals surface area (Å²) in [6.45, 7) is 3.42. The van der Waals surface area contributed by atoms with E-state index in [1.807, 2.05) is 30.3 Å². The van der Waals surface area contributed by atoms with Crippen LogP contribution in [-0.2, 0) is 4.74 Å². The van der Waals surface area contributed by atoms with Crippen LogP contribution in [0.15, 0.2) is 36.5 Å². The van der Waals surface area contributed by atoms with E-state index in [9.17, 15) is 9.18 Å². The summed E-state index contributed by atoms with van der Waals surface area (Å²) in [4.78, 5) is 15.5. The minimum absolute atomic E-state index is 0.0259. The number of aromatic nitrogens is 2. The zero-order chi connectivity index (χ0) is 15.2. The molecule has 0 fully saturated rings. The van der Waals surface area contributed by atoms with Crippen molar-refractivity contribution in [1.29, 1.82) is 0 Å². The van der Waals surface area contributed by atoms with E-state index < -0.39 is 12.0 Å². The summed E-state index contributed by atoms with van der Waals surface area (Å²) in [5.74, 6) is 4.60. The summed E-state index contributed by atoms with van der Waals surface area (Å²) in [6.07, 6.45) is 0.455. The maximum absolute atomic E-state index is 13.9. The van der Waals surface area contributed by atoms with Crippen molar-refractivity contribution in [3.8, 4) is 11.8 Å². The van der Waals surface area contributed by atoms with Crippen LogP contribution in [0.4, 0.5) is 4.39 Å². The van der Waals surface area contributed by atoms with Crippen LogP contribution in [0.5, 0.6) is 0 Å². The second-order valence-electron chi connectivity index (χ2n) is 4.37. The Bertz CT molecular complexity index is 683. The van der Waals surface area contributed by atoms with E-state index in [2.05, 4.69) is 16.8 Å².